The van der Waals surface area contributed by atoms with Crippen LogP contribution in [-0.4, -0.2) is 37.4 Å². The van der Waals surface area contributed by atoms with Crippen molar-refractivity contribution in [2.75, 3.05) is 13.1 Å². The molecule has 1 aliphatic carbocycles. The Bertz CT molecular complexity index is 252. The van der Waals surface area contributed by atoms with Crippen LogP contribution in [0.4, 0.5) is 0 Å². The van der Waals surface area contributed by atoms with Crippen molar-refractivity contribution in [1.29, 1.82) is 0 Å². The lowest BCUT2D eigenvalue weighted by atomic mass is 10.2. The molecule has 2 aliphatic rings. The molecule has 0 saturated carbocycles. The first kappa shape index (κ1) is 11.4. The average Bonchev–Trinajstić information content (AvgIpc) is 2.69. The molecule has 0 amide bonds. The fourth-order valence-corrected chi connectivity index (χ4v) is 4.57. The van der Waals surface area contributed by atoms with Gasteiger partial charge >= 0.3 is 0 Å². The Morgan fingerprint density at radius 2 is 2.00 bits per heavy atom. The maximum Gasteiger partial charge on any atom is 0.129 e. The Labute approximate surface area is 94.0 Å². The van der Waals surface area contributed by atoms with Crippen LogP contribution in [0.3, 0.4) is 0 Å². The van der Waals surface area contributed by atoms with Gasteiger partial charge < -0.3 is 5.11 Å². The van der Waals surface area contributed by atoms with E-state index in [1.54, 1.807) is 0 Å². The van der Waals surface area contributed by atoms with Gasteiger partial charge in [-0.15, -0.1) is 0 Å². The summed E-state index contributed by atoms with van der Waals surface area (Å²) in [5.74, 6) is 0. The van der Waals surface area contributed by atoms with Crippen molar-refractivity contribution in [3.8, 4) is 0 Å². The zero-order chi connectivity index (χ0) is 10.9. The molecular formula is C12H23NOSi. The Balaban J connectivity index is 1.90. The molecule has 2 nitrogen and oxygen atoms in total. The van der Waals surface area contributed by atoms with Crippen LogP contribution in [-0.2, 0) is 0 Å². The lowest BCUT2D eigenvalue weighted by Gasteiger charge is -2.38. The number of aliphatic hydroxyl groups is 1. The van der Waals surface area contributed by atoms with E-state index in [2.05, 4.69) is 24.1 Å². The average molecular weight is 225 g/mol. The summed E-state index contributed by atoms with van der Waals surface area (Å²) in [7, 11) is -0.890. The van der Waals surface area contributed by atoms with Gasteiger partial charge in [0.05, 0.1) is 0 Å². The molecule has 0 spiro atoms. The summed E-state index contributed by atoms with van der Waals surface area (Å²) in [6.07, 6.45) is 5.49. The molecule has 1 saturated heterocycles. The number of rotatable bonds is 2. The lowest BCUT2D eigenvalue weighted by molar-refractivity contribution is 0.0351. The van der Waals surface area contributed by atoms with Gasteiger partial charge in [0.1, 0.15) is 6.23 Å². The van der Waals surface area contributed by atoms with E-state index < -0.39 is 8.07 Å². The molecule has 0 radical (unpaired) electrons. The van der Waals surface area contributed by atoms with Crippen molar-refractivity contribution < 1.29 is 5.11 Å². The highest BCUT2D eigenvalue weighted by Gasteiger charge is 2.31. The zero-order valence-electron chi connectivity index (χ0n) is 10.00. The highest BCUT2D eigenvalue weighted by Crippen LogP contribution is 2.28. The van der Waals surface area contributed by atoms with Gasteiger partial charge in [-0.05, 0) is 50.0 Å². The number of nitrogens with zero attached hydrogens (tertiary/aromatic N) is 1. The Hall–Kier alpha value is -0.123. The smallest absolute Gasteiger partial charge is 0.129 e. The molecule has 86 valence electrons. The summed E-state index contributed by atoms with van der Waals surface area (Å²) in [4.78, 5) is 2.27. The first-order chi connectivity index (χ1) is 7.08. The number of hydrogen-bond donors (Lipinski definition) is 1. The number of allylic oxidation sites excluding steroid dienone is 1. The topological polar surface area (TPSA) is 23.5 Å². The third-order valence-corrected chi connectivity index (χ3v) is 7.06. The van der Waals surface area contributed by atoms with Gasteiger partial charge in [-0.1, -0.05) is 19.2 Å². The van der Waals surface area contributed by atoms with Crippen molar-refractivity contribution in [3.63, 3.8) is 0 Å². The lowest BCUT2D eigenvalue weighted by Crippen LogP contribution is -2.47. The summed E-state index contributed by atoms with van der Waals surface area (Å²) in [6.45, 7) is 7.15. The standard InChI is InChI=1S/C12H23NOSi/c1-15(2)9-7-13(8-10-15)12(14)11-5-3-4-6-11/h5,12,14H,3-4,6-10H2,1-2H3. The van der Waals surface area contributed by atoms with Gasteiger partial charge in [0.2, 0.25) is 0 Å². The molecule has 0 aromatic carbocycles. The molecule has 2 rings (SSSR count). The molecule has 1 N–H and O–H groups in total. The largest absolute Gasteiger partial charge is 0.374 e. The van der Waals surface area contributed by atoms with E-state index in [4.69, 9.17) is 0 Å². The van der Waals surface area contributed by atoms with Crippen molar-refractivity contribution in [1.82, 2.24) is 4.90 Å². The van der Waals surface area contributed by atoms with Crippen LogP contribution >= 0.6 is 0 Å². The Kier molecular flexibility index (Phi) is 3.33. The van der Waals surface area contributed by atoms with E-state index >= 15 is 0 Å². The van der Waals surface area contributed by atoms with E-state index in [1.165, 1.54) is 30.5 Å². The number of hydrogen-bond acceptors (Lipinski definition) is 2. The quantitative estimate of drug-likeness (QED) is 0.576. The second-order valence-electron chi connectivity index (χ2n) is 5.75. The summed E-state index contributed by atoms with van der Waals surface area (Å²) in [5, 5.41) is 10.2. The fraction of sp³-hybridized carbons (Fsp3) is 0.833. The molecule has 15 heavy (non-hydrogen) atoms. The van der Waals surface area contributed by atoms with Crippen LogP contribution in [0.5, 0.6) is 0 Å². The van der Waals surface area contributed by atoms with Gasteiger partial charge in [-0.3, -0.25) is 4.90 Å². The zero-order valence-corrected chi connectivity index (χ0v) is 11.0. The first-order valence-corrected chi connectivity index (χ1v) is 9.61. The predicted octanol–water partition coefficient (Wildman–Crippen LogP) is 2.44. The van der Waals surface area contributed by atoms with Crippen LogP contribution in [0.2, 0.25) is 25.2 Å². The Morgan fingerprint density at radius 1 is 1.33 bits per heavy atom. The van der Waals surface area contributed by atoms with Gasteiger partial charge in [0.15, 0.2) is 0 Å². The second-order valence-corrected chi connectivity index (χ2v) is 11.1. The molecule has 1 fully saturated rings. The van der Waals surface area contributed by atoms with Gasteiger partial charge in [-0.25, -0.2) is 0 Å². The van der Waals surface area contributed by atoms with Crippen LogP contribution < -0.4 is 0 Å². The molecular weight excluding hydrogens is 202 g/mol. The summed E-state index contributed by atoms with van der Waals surface area (Å²) < 4.78 is 0. The highest BCUT2D eigenvalue weighted by molar-refractivity contribution is 6.77. The maximum atomic E-state index is 10.2. The SMILES string of the molecule is C[Si]1(C)CCN(C(O)C2=CCCC2)CC1. The van der Waals surface area contributed by atoms with E-state index in [9.17, 15) is 5.11 Å². The molecule has 0 bridgehead atoms. The molecule has 3 heteroatoms. The van der Waals surface area contributed by atoms with Crippen LogP contribution in [0.1, 0.15) is 19.3 Å². The molecule has 1 aliphatic heterocycles. The predicted molar refractivity (Wildman–Crippen MR) is 66.6 cm³/mol. The minimum Gasteiger partial charge on any atom is -0.374 e. The minimum atomic E-state index is -0.890. The van der Waals surface area contributed by atoms with E-state index in [-0.39, 0.29) is 6.23 Å². The monoisotopic (exact) mass is 225 g/mol. The molecule has 0 aromatic rings. The van der Waals surface area contributed by atoms with Crippen LogP contribution in [0.15, 0.2) is 11.6 Å². The van der Waals surface area contributed by atoms with Crippen molar-refractivity contribution in [3.05, 3.63) is 11.6 Å². The third kappa shape index (κ3) is 2.71. The van der Waals surface area contributed by atoms with Crippen LogP contribution in [0.25, 0.3) is 0 Å². The van der Waals surface area contributed by atoms with Crippen molar-refractivity contribution >= 4 is 8.07 Å². The third-order valence-electron chi connectivity index (χ3n) is 3.91. The minimum absolute atomic E-state index is 0.266. The maximum absolute atomic E-state index is 10.2. The highest BCUT2D eigenvalue weighted by atomic mass is 28.3. The van der Waals surface area contributed by atoms with Crippen molar-refractivity contribution in [2.24, 2.45) is 0 Å². The van der Waals surface area contributed by atoms with Gasteiger partial charge in [-0.2, -0.15) is 0 Å². The van der Waals surface area contributed by atoms with Crippen LogP contribution in [0, 0.1) is 0 Å². The van der Waals surface area contributed by atoms with Gasteiger partial charge in [0, 0.05) is 8.07 Å². The van der Waals surface area contributed by atoms with Gasteiger partial charge in [0.25, 0.3) is 0 Å². The first-order valence-electron chi connectivity index (χ1n) is 6.20. The molecule has 1 heterocycles. The normalized spacial score (nSPS) is 28.9. The van der Waals surface area contributed by atoms with E-state index in [0.29, 0.717) is 0 Å². The molecule has 1 atom stereocenters. The molecule has 1 unspecified atom stereocenters. The number of aliphatic hydroxyl groups excluding tert-OH is 1. The molecule has 0 aromatic heterocycles. The van der Waals surface area contributed by atoms with Crippen molar-refractivity contribution in [2.45, 2.75) is 50.7 Å². The van der Waals surface area contributed by atoms with E-state index in [0.717, 1.165) is 19.5 Å². The Morgan fingerprint density at radius 3 is 2.53 bits per heavy atom. The van der Waals surface area contributed by atoms with E-state index in [1.807, 2.05) is 0 Å². The summed E-state index contributed by atoms with van der Waals surface area (Å²) in [5.41, 5.74) is 1.27. The second kappa shape index (κ2) is 4.40. The summed E-state index contributed by atoms with van der Waals surface area (Å²) >= 11 is 0. The fourth-order valence-electron chi connectivity index (χ4n) is 2.54. The summed E-state index contributed by atoms with van der Waals surface area (Å²) in [6, 6.07) is 2.69.